The van der Waals surface area contributed by atoms with Crippen LogP contribution in [-0.4, -0.2) is 11.7 Å². The molecule has 1 unspecified atom stereocenters. The molecule has 0 aliphatic heterocycles. The predicted molar refractivity (Wildman–Crippen MR) is 92.3 cm³/mol. The lowest BCUT2D eigenvalue weighted by atomic mass is 10.1. The molecule has 0 spiro atoms. The van der Waals surface area contributed by atoms with Crippen molar-refractivity contribution in [2.24, 2.45) is 0 Å². The van der Waals surface area contributed by atoms with Crippen LogP contribution in [0.2, 0.25) is 0 Å². The molecule has 2 rings (SSSR count). The Hall–Kier alpha value is -1.46. The fourth-order valence-electron chi connectivity index (χ4n) is 1.83. The number of nitrogen functional groups attached to an aromatic ring is 1. The van der Waals surface area contributed by atoms with Crippen molar-refractivity contribution in [2.75, 3.05) is 11.5 Å². The molecule has 5 heteroatoms. The molecule has 0 saturated carbocycles. The van der Waals surface area contributed by atoms with E-state index in [2.05, 4.69) is 21.2 Å². The largest absolute Gasteiger partial charge is 0.399 e. The van der Waals surface area contributed by atoms with Crippen LogP contribution in [0.3, 0.4) is 0 Å². The van der Waals surface area contributed by atoms with Crippen LogP contribution in [0.5, 0.6) is 0 Å². The Morgan fingerprint density at radius 3 is 2.43 bits per heavy atom. The lowest BCUT2D eigenvalue weighted by Crippen LogP contribution is -2.28. The number of hydrogen-bond acceptors (Lipinski definition) is 3. The molecule has 3 nitrogen and oxygen atoms in total. The van der Waals surface area contributed by atoms with Crippen molar-refractivity contribution in [3.8, 4) is 0 Å². The number of nitrogens with two attached hydrogens (primary N) is 1. The van der Waals surface area contributed by atoms with E-state index in [0.29, 0.717) is 5.75 Å². The first-order chi connectivity index (χ1) is 10.0. The van der Waals surface area contributed by atoms with Crippen molar-refractivity contribution >= 4 is 39.3 Å². The first kappa shape index (κ1) is 15.9. The van der Waals surface area contributed by atoms with Gasteiger partial charge in [-0.25, -0.2) is 0 Å². The van der Waals surface area contributed by atoms with E-state index in [4.69, 9.17) is 5.73 Å². The zero-order chi connectivity index (χ0) is 15.2. The Bertz CT molecular complexity index is 599. The highest BCUT2D eigenvalue weighted by atomic mass is 79.9. The summed E-state index contributed by atoms with van der Waals surface area (Å²) in [5.74, 6) is 0.414. The lowest BCUT2D eigenvalue weighted by molar-refractivity contribution is -0.119. The average molecular weight is 365 g/mol. The number of nitrogens with one attached hydrogen (secondary N) is 1. The highest BCUT2D eigenvalue weighted by Gasteiger charge is 2.09. The van der Waals surface area contributed by atoms with Crippen LogP contribution in [0.1, 0.15) is 18.5 Å². The van der Waals surface area contributed by atoms with Gasteiger partial charge in [0, 0.05) is 15.1 Å². The maximum absolute atomic E-state index is 12.0. The number of thioether (sulfide) groups is 1. The molecule has 21 heavy (non-hydrogen) atoms. The summed E-state index contributed by atoms with van der Waals surface area (Å²) in [6.07, 6.45) is 0. The maximum atomic E-state index is 12.0. The molecular formula is C16H17BrN2OS. The third kappa shape index (κ3) is 5.10. The Labute approximate surface area is 137 Å². The minimum atomic E-state index is -0.00221. The highest BCUT2D eigenvalue weighted by molar-refractivity contribution is 9.10. The van der Waals surface area contributed by atoms with E-state index >= 15 is 0 Å². The summed E-state index contributed by atoms with van der Waals surface area (Å²) in [6, 6.07) is 15.5. The van der Waals surface area contributed by atoms with Gasteiger partial charge in [0.2, 0.25) is 5.91 Å². The van der Waals surface area contributed by atoms with E-state index in [0.717, 1.165) is 20.6 Å². The number of rotatable bonds is 5. The van der Waals surface area contributed by atoms with Gasteiger partial charge in [0.1, 0.15) is 0 Å². The standard InChI is InChI=1S/C16H17BrN2OS/c1-11(12-2-4-13(17)5-3-12)19-16(20)10-21-15-8-6-14(18)7-9-15/h2-9,11H,10,18H2,1H3,(H,19,20). The van der Waals surface area contributed by atoms with Crippen molar-refractivity contribution in [3.63, 3.8) is 0 Å². The van der Waals surface area contributed by atoms with Gasteiger partial charge >= 0.3 is 0 Å². The minimum Gasteiger partial charge on any atom is -0.399 e. The van der Waals surface area contributed by atoms with Crippen LogP contribution in [0, 0.1) is 0 Å². The monoisotopic (exact) mass is 364 g/mol. The molecule has 2 aromatic rings. The molecule has 0 saturated heterocycles. The summed E-state index contributed by atoms with van der Waals surface area (Å²) in [4.78, 5) is 13.0. The van der Waals surface area contributed by atoms with E-state index in [9.17, 15) is 4.79 Å². The van der Waals surface area contributed by atoms with Gasteiger partial charge < -0.3 is 11.1 Å². The lowest BCUT2D eigenvalue weighted by Gasteiger charge is -2.14. The fourth-order valence-corrected chi connectivity index (χ4v) is 2.80. The molecule has 0 radical (unpaired) electrons. The van der Waals surface area contributed by atoms with Gasteiger partial charge in [-0.1, -0.05) is 28.1 Å². The average Bonchev–Trinajstić information content (AvgIpc) is 2.47. The van der Waals surface area contributed by atoms with Gasteiger partial charge in [0.15, 0.2) is 0 Å². The molecule has 110 valence electrons. The predicted octanol–water partition coefficient (Wildman–Crippen LogP) is 4.00. The van der Waals surface area contributed by atoms with Gasteiger partial charge in [-0.05, 0) is 48.9 Å². The Balaban J connectivity index is 1.83. The molecule has 1 amide bonds. The molecule has 0 fully saturated rings. The zero-order valence-corrected chi connectivity index (χ0v) is 14.1. The van der Waals surface area contributed by atoms with Crippen molar-refractivity contribution in [2.45, 2.75) is 17.9 Å². The Kier molecular flexibility index (Phi) is 5.70. The number of carbonyl (C=O) groups is 1. The smallest absolute Gasteiger partial charge is 0.230 e. The molecule has 1 atom stereocenters. The van der Waals surface area contributed by atoms with E-state index < -0.39 is 0 Å². The number of benzene rings is 2. The Morgan fingerprint density at radius 2 is 1.81 bits per heavy atom. The van der Waals surface area contributed by atoms with Crippen LogP contribution in [0.25, 0.3) is 0 Å². The van der Waals surface area contributed by atoms with Gasteiger partial charge in [-0.2, -0.15) is 0 Å². The SMILES string of the molecule is CC(NC(=O)CSc1ccc(N)cc1)c1ccc(Br)cc1. The quantitative estimate of drug-likeness (QED) is 0.622. The fraction of sp³-hybridized carbons (Fsp3) is 0.188. The highest BCUT2D eigenvalue weighted by Crippen LogP contribution is 2.20. The molecule has 0 aliphatic carbocycles. The summed E-state index contributed by atoms with van der Waals surface area (Å²) in [5.41, 5.74) is 7.45. The molecule has 3 N–H and O–H groups in total. The normalized spacial score (nSPS) is 11.9. The molecule has 2 aromatic carbocycles. The van der Waals surface area contributed by atoms with Crippen LogP contribution >= 0.6 is 27.7 Å². The number of carbonyl (C=O) groups excluding carboxylic acids is 1. The van der Waals surface area contributed by atoms with Crippen molar-refractivity contribution < 1.29 is 4.79 Å². The third-order valence-electron chi connectivity index (χ3n) is 3.00. The van der Waals surface area contributed by atoms with Gasteiger partial charge in [0.25, 0.3) is 0 Å². The van der Waals surface area contributed by atoms with Crippen LogP contribution < -0.4 is 11.1 Å². The maximum Gasteiger partial charge on any atom is 0.230 e. The molecular weight excluding hydrogens is 348 g/mol. The topological polar surface area (TPSA) is 55.1 Å². The van der Waals surface area contributed by atoms with Gasteiger partial charge in [-0.3, -0.25) is 4.79 Å². The number of halogens is 1. The second-order valence-corrected chi connectivity index (χ2v) is 6.66. The number of anilines is 1. The third-order valence-corrected chi connectivity index (χ3v) is 4.54. The van der Waals surface area contributed by atoms with Crippen LogP contribution in [-0.2, 0) is 4.79 Å². The second kappa shape index (κ2) is 7.52. The summed E-state index contributed by atoms with van der Waals surface area (Å²) < 4.78 is 1.03. The van der Waals surface area contributed by atoms with E-state index in [1.807, 2.05) is 55.5 Å². The zero-order valence-electron chi connectivity index (χ0n) is 11.7. The number of amides is 1. The molecule has 0 aromatic heterocycles. The first-order valence-electron chi connectivity index (χ1n) is 6.58. The summed E-state index contributed by atoms with van der Waals surface area (Å²) in [7, 11) is 0. The summed E-state index contributed by atoms with van der Waals surface area (Å²) in [6.45, 7) is 1.98. The molecule has 0 aliphatic rings. The second-order valence-electron chi connectivity index (χ2n) is 4.70. The van der Waals surface area contributed by atoms with E-state index in [1.165, 1.54) is 11.8 Å². The summed E-state index contributed by atoms with van der Waals surface area (Å²) >= 11 is 4.90. The van der Waals surface area contributed by atoms with E-state index in [-0.39, 0.29) is 11.9 Å². The number of hydrogen-bond donors (Lipinski definition) is 2. The Morgan fingerprint density at radius 1 is 1.19 bits per heavy atom. The van der Waals surface area contributed by atoms with Crippen molar-refractivity contribution in [3.05, 3.63) is 58.6 Å². The van der Waals surface area contributed by atoms with Crippen LogP contribution in [0.4, 0.5) is 5.69 Å². The van der Waals surface area contributed by atoms with Crippen molar-refractivity contribution in [1.82, 2.24) is 5.32 Å². The van der Waals surface area contributed by atoms with Gasteiger partial charge in [-0.15, -0.1) is 11.8 Å². The van der Waals surface area contributed by atoms with Gasteiger partial charge in [0.05, 0.1) is 11.8 Å². The summed E-state index contributed by atoms with van der Waals surface area (Å²) in [5, 5.41) is 3.00. The first-order valence-corrected chi connectivity index (χ1v) is 8.35. The molecule has 0 heterocycles. The van der Waals surface area contributed by atoms with Crippen molar-refractivity contribution in [1.29, 1.82) is 0 Å². The minimum absolute atomic E-state index is 0.00221. The molecule has 0 bridgehead atoms. The van der Waals surface area contributed by atoms with E-state index in [1.54, 1.807) is 0 Å². The van der Waals surface area contributed by atoms with Crippen LogP contribution in [0.15, 0.2) is 57.9 Å².